The lowest BCUT2D eigenvalue weighted by atomic mass is 9.92. The zero-order valence-electron chi connectivity index (χ0n) is 9.50. The van der Waals surface area contributed by atoms with Crippen LogP contribution in [0.15, 0.2) is 0 Å². The first kappa shape index (κ1) is 11.5. The Balaban J connectivity index is 2.55. The van der Waals surface area contributed by atoms with Crippen LogP contribution < -0.4 is 0 Å². The highest BCUT2D eigenvalue weighted by molar-refractivity contribution is 4.96. The Morgan fingerprint density at radius 1 is 1.14 bits per heavy atom. The summed E-state index contributed by atoms with van der Waals surface area (Å²) >= 11 is 0. The van der Waals surface area contributed by atoms with Crippen LogP contribution in [-0.4, -0.2) is 24.0 Å². The van der Waals surface area contributed by atoms with E-state index in [2.05, 4.69) is 24.8 Å². The van der Waals surface area contributed by atoms with Crippen molar-refractivity contribution in [1.82, 2.24) is 4.90 Å². The summed E-state index contributed by atoms with van der Waals surface area (Å²) in [5.74, 6) is 0.568. The van der Waals surface area contributed by atoms with E-state index in [0.717, 1.165) is 25.9 Å². The Hall–Kier alpha value is -0.550. The molecule has 80 valence electrons. The SMILES string of the molecule is CCC(CC)C(C#N)N1CCCCC1. The minimum absolute atomic E-state index is 0.172. The smallest absolute Gasteiger partial charge is 0.101 e. The van der Waals surface area contributed by atoms with Gasteiger partial charge in [-0.05, 0) is 31.8 Å². The average Bonchev–Trinajstić information content (AvgIpc) is 2.27. The minimum atomic E-state index is 0.172. The van der Waals surface area contributed by atoms with Crippen molar-refractivity contribution in [2.24, 2.45) is 5.92 Å². The van der Waals surface area contributed by atoms with Crippen LogP contribution in [-0.2, 0) is 0 Å². The molecule has 1 atom stereocenters. The maximum atomic E-state index is 9.22. The summed E-state index contributed by atoms with van der Waals surface area (Å²) in [4.78, 5) is 2.39. The Morgan fingerprint density at radius 2 is 1.71 bits per heavy atom. The molecule has 0 spiro atoms. The van der Waals surface area contributed by atoms with Gasteiger partial charge < -0.3 is 0 Å². The molecule has 2 nitrogen and oxygen atoms in total. The number of rotatable bonds is 4. The van der Waals surface area contributed by atoms with Crippen molar-refractivity contribution >= 4 is 0 Å². The van der Waals surface area contributed by atoms with Crippen LogP contribution in [0.1, 0.15) is 46.0 Å². The molecule has 1 saturated heterocycles. The van der Waals surface area contributed by atoms with Gasteiger partial charge in [-0.25, -0.2) is 0 Å². The molecule has 0 bridgehead atoms. The van der Waals surface area contributed by atoms with Crippen molar-refractivity contribution in [2.75, 3.05) is 13.1 Å². The van der Waals surface area contributed by atoms with Gasteiger partial charge in [-0.2, -0.15) is 5.26 Å². The second-order valence-electron chi connectivity index (χ2n) is 4.25. The molecule has 1 fully saturated rings. The molecule has 1 rings (SSSR count). The number of nitrogens with zero attached hydrogens (tertiary/aromatic N) is 2. The maximum Gasteiger partial charge on any atom is 0.101 e. The monoisotopic (exact) mass is 194 g/mol. The van der Waals surface area contributed by atoms with Crippen LogP contribution >= 0.6 is 0 Å². The number of hydrogen-bond acceptors (Lipinski definition) is 2. The molecular weight excluding hydrogens is 172 g/mol. The van der Waals surface area contributed by atoms with Gasteiger partial charge in [-0.1, -0.05) is 33.1 Å². The molecule has 14 heavy (non-hydrogen) atoms. The van der Waals surface area contributed by atoms with Crippen molar-refractivity contribution in [3.63, 3.8) is 0 Å². The number of piperidine rings is 1. The Morgan fingerprint density at radius 3 is 2.14 bits per heavy atom. The van der Waals surface area contributed by atoms with E-state index < -0.39 is 0 Å². The molecule has 0 aromatic heterocycles. The summed E-state index contributed by atoms with van der Waals surface area (Å²) in [7, 11) is 0. The molecule has 1 unspecified atom stereocenters. The number of hydrogen-bond donors (Lipinski definition) is 0. The van der Waals surface area contributed by atoms with E-state index in [1.165, 1.54) is 19.3 Å². The zero-order valence-corrected chi connectivity index (χ0v) is 9.50. The third kappa shape index (κ3) is 2.72. The summed E-state index contributed by atoms with van der Waals surface area (Å²) in [5, 5.41) is 9.22. The highest BCUT2D eigenvalue weighted by atomic mass is 15.2. The molecule has 1 heterocycles. The normalized spacial score (nSPS) is 20.7. The summed E-state index contributed by atoms with van der Waals surface area (Å²) in [6, 6.07) is 2.67. The molecule has 0 amide bonds. The molecule has 1 aliphatic heterocycles. The largest absolute Gasteiger partial charge is 0.288 e. The van der Waals surface area contributed by atoms with E-state index in [4.69, 9.17) is 0 Å². The van der Waals surface area contributed by atoms with Gasteiger partial charge in [0.05, 0.1) is 6.07 Å². The summed E-state index contributed by atoms with van der Waals surface area (Å²) in [6.07, 6.45) is 6.16. The summed E-state index contributed by atoms with van der Waals surface area (Å²) < 4.78 is 0. The molecule has 0 saturated carbocycles. The van der Waals surface area contributed by atoms with Crippen LogP contribution in [0.2, 0.25) is 0 Å². The first-order valence-corrected chi connectivity index (χ1v) is 5.97. The third-order valence-electron chi connectivity index (χ3n) is 3.41. The summed E-state index contributed by atoms with van der Waals surface area (Å²) in [5.41, 5.74) is 0. The predicted octanol–water partition coefficient (Wildman–Crippen LogP) is 2.80. The lowest BCUT2D eigenvalue weighted by Gasteiger charge is -2.34. The molecule has 0 N–H and O–H groups in total. The standard InChI is InChI=1S/C12H22N2/c1-3-11(4-2)12(10-13)14-8-6-5-7-9-14/h11-12H,3-9H2,1-2H3. The van der Waals surface area contributed by atoms with Gasteiger partial charge in [0.25, 0.3) is 0 Å². The predicted molar refractivity (Wildman–Crippen MR) is 58.9 cm³/mol. The van der Waals surface area contributed by atoms with Gasteiger partial charge in [-0.3, -0.25) is 4.90 Å². The van der Waals surface area contributed by atoms with Gasteiger partial charge in [0.15, 0.2) is 0 Å². The van der Waals surface area contributed by atoms with Gasteiger partial charge in [0, 0.05) is 0 Å². The van der Waals surface area contributed by atoms with Crippen LogP contribution in [0.5, 0.6) is 0 Å². The maximum absolute atomic E-state index is 9.22. The van der Waals surface area contributed by atoms with Crippen LogP contribution in [0.3, 0.4) is 0 Å². The lowest BCUT2D eigenvalue weighted by Crippen LogP contribution is -2.42. The highest BCUT2D eigenvalue weighted by Crippen LogP contribution is 2.21. The molecule has 2 heteroatoms. The summed E-state index contributed by atoms with van der Waals surface area (Å²) in [6.45, 7) is 6.66. The molecule has 0 aromatic rings. The van der Waals surface area contributed by atoms with E-state index in [1.54, 1.807) is 0 Å². The van der Waals surface area contributed by atoms with Crippen LogP contribution in [0.25, 0.3) is 0 Å². The van der Waals surface area contributed by atoms with Gasteiger partial charge >= 0.3 is 0 Å². The molecule has 1 aliphatic rings. The second kappa shape index (κ2) is 6.03. The van der Waals surface area contributed by atoms with E-state index in [9.17, 15) is 5.26 Å². The molecule has 0 aliphatic carbocycles. The number of nitriles is 1. The average molecular weight is 194 g/mol. The Bertz CT molecular complexity index is 185. The van der Waals surface area contributed by atoms with E-state index in [0.29, 0.717) is 5.92 Å². The van der Waals surface area contributed by atoms with Gasteiger partial charge in [-0.15, -0.1) is 0 Å². The third-order valence-corrected chi connectivity index (χ3v) is 3.41. The molecular formula is C12H22N2. The fraction of sp³-hybridized carbons (Fsp3) is 0.917. The van der Waals surface area contributed by atoms with Gasteiger partial charge in [0.2, 0.25) is 0 Å². The van der Waals surface area contributed by atoms with Crippen LogP contribution in [0, 0.1) is 17.2 Å². The van der Waals surface area contributed by atoms with Crippen LogP contribution in [0.4, 0.5) is 0 Å². The minimum Gasteiger partial charge on any atom is -0.288 e. The first-order chi connectivity index (χ1) is 6.83. The Kier molecular flexibility index (Phi) is 4.97. The van der Waals surface area contributed by atoms with Crippen molar-refractivity contribution in [2.45, 2.75) is 52.0 Å². The molecule has 0 aromatic carbocycles. The van der Waals surface area contributed by atoms with Gasteiger partial charge in [0.1, 0.15) is 6.04 Å². The molecule has 0 radical (unpaired) electrons. The van der Waals surface area contributed by atoms with Crippen molar-refractivity contribution in [3.8, 4) is 6.07 Å². The topological polar surface area (TPSA) is 27.0 Å². The zero-order chi connectivity index (χ0) is 10.4. The fourth-order valence-electron chi connectivity index (χ4n) is 2.42. The highest BCUT2D eigenvalue weighted by Gasteiger charge is 2.25. The van der Waals surface area contributed by atoms with E-state index >= 15 is 0 Å². The Labute approximate surface area is 87.9 Å². The lowest BCUT2D eigenvalue weighted by molar-refractivity contribution is 0.147. The van der Waals surface area contributed by atoms with Crippen molar-refractivity contribution in [3.05, 3.63) is 0 Å². The number of likely N-dealkylation sites (tertiary alicyclic amines) is 1. The van der Waals surface area contributed by atoms with E-state index in [-0.39, 0.29) is 6.04 Å². The second-order valence-corrected chi connectivity index (χ2v) is 4.25. The van der Waals surface area contributed by atoms with Crippen molar-refractivity contribution in [1.29, 1.82) is 5.26 Å². The quantitative estimate of drug-likeness (QED) is 0.688. The van der Waals surface area contributed by atoms with E-state index in [1.807, 2.05) is 0 Å². The fourth-order valence-corrected chi connectivity index (χ4v) is 2.42. The first-order valence-electron chi connectivity index (χ1n) is 5.97. The van der Waals surface area contributed by atoms with Crippen molar-refractivity contribution < 1.29 is 0 Å².